The summed E-state index contributed by atoms with van der Waals surface area (Å²) in [5, 5.41) is 2.83. The second kappa shape index (κ2) is 9.15. The van der Waals surface area contributed by atoms with E-state index < -0.39 is 0 Å². The molecule has 0 radical (unpaired) electrons. The fraction of sp³-hybridized carbons (Fsp3) is 0.846. The van der Waals surface area contributed by atoms with E-state index in [1.54, 1.807) is 11.9 Å². The summed E-state index contributed by atoms with van der Waals surface area (Å²) < 4.78 is 0. The van der Waals surface area contributed by atoms with Crippen LogP contribution in [0.4, 0.5) is 0 Å². The van der Waals surface area contributed by atoms with Crippen molar-refractivity contribution >= 4 is 24.2 Å². The Morgan fingerprint density at radius 3 is 2.26 bits per heavy atom. The molecule has 0 aliphatic rings. The number of nitrogens with one attached hydrogen (secondary N) is 1. The van der Waals surface area contributed by atoms with E-state index in [0.29, 0.717) is 25.9 Å². The Morgan fingerprint density at radius 2 is 1.84 bits per heavy atom. The van der Waals surface area contributed by atoms with Crippen LogP contribution in [0.15, 0.2) is 0 Å². The zero-order valence-corrected chi connectivity index (χ0v) is 13.5. The summed E-state index contributed by atoms with van der Waals surface area (Å²) in [5.41, 5.74) is 5.12. The fourth-order valence-corrected chi connectivity index (χ4v) is 1.29. The molecule has 0 saturated heterocycles. The van der Waals surface area contributed by atoms with Gasteiger partial charge in [0.25, 0.3) is 0 Å². The van der Waals surface area contributed by atoms with Crippen molar-refractivity contribution in [2.24, 2.45) is 11.1 Å². The molecule has 0 rings (SSSR count). The van der Waals surface area contributed by atoms with E-state index in [1.165, 1.54) is 0 Å². The van der Waals surface area contributed by atoms with Crippen LogP contribution in [0, 0.1) is 5.41 Å². The standard InChI is InChI=1S/C13H27N3O2.ClH/c1-10(9-14)16(5)11(17)7-6-8-15-12(18)13(2,3)4;/h10H,6-9,14H2,1-5H3,(H,15,18);1H. The molecule has 0 aliphatic heterocycles. The molecule has 0 aromatic rings. The molecule has 3 N–H and O–H groups in total. The van der Waals surface area contributed by atoms with Crippen LogP contribution in [0.1, 0.15) is 40.5 Å². The molecular formula is C13H28ClN3O2. The lowest BCUT2D eigenvalue weighted by Gasteiger charge is -2.23. The SMILES string of the molecule is CC(CN)N(C)C(=O)CCCNC(=O)C(C)(C)C.Cl. The molecule has 1 atom stereocenters. The van der Waals surface area contributed by atoms with Gasteiger partial charge in [-0.25, -0.2) is 0 Å². The number of carbonyl (C=O) groups excluding carboxylic acids is 2. The van der Waals surface area contributed by atoms with Crippen molar-refractivity contribution in [3.8, 4) is 0 Å². The Kier molecular flexibility index (Phi) is 9.88. The highest BCUT2D eigenvalue weighted by atomic mass is 35.5. The molecule has 0 bridgehead atoms. The van der Waals surface area contributed by atoms with Crippen molar-refractivity contribution in [3.05, 3.63) is 0 Å². The normalized spacial score (nSPS) is 12.3. The van der Waals surface area contributed by atoms with Gasteiger partial charge in [-0.3, -0.25) is 9.59 Å². The van der Waals surface area contributed by atoms with Gasteiger partial charge in [0.1, 0.15) is 0 Å². The highest BCUT2D eigenvalue weighted by Crippen LogP contribution is 2.12. The summed E-state index contributed by atoms with van der Waals surface area (Å²) in [4.78, 5) is 25.0. The second-order valence-electron chi connectivity index (χ2n) is 5.70. The van der Waals surface area contributed by atoms with Crippen molar-refractivity contribution < 1.29 is 9.59 Å². The molecule has 0 heterocycles. The molecule has 19 heavy (non-hydrogen) atoms. The number of amides is 2. The maximum atomic E-state index is 11.7. The maximum absolute atomic E-state index is 11.7. The largest absolute Gasteiger partial charge is 0.356 e. The number of nitrogens with two attached hydrogens (primary N) is 1. The smallest absolute Gasteiger partial charge is 0.225 e. The van der Waals surface area contributed by atoms with Crippen LogP contribution in [0.25, 0.3) is 0 Å². The average Bonchev–Trinajstić information content (AvgIpc) is 2.30. The van der Waals surface area contributed by atoms with E-state index in [4.69, 9.17) is 5.73 Å². The van der Waals surface area contributed by atoms with Gasteiger partial charge in [0, 0.05) is 38.0 Å². The summed E-state index contributed by atoms with van der Waals surface area (Å²) in [7, 11) is 1.76. The van der Waals surface area contributed by atoms with Crippen molar-refractivity contribution in [1.29, 1.82) is 0 Å². The Balaban J connectivity index is 0. The van der Waals surface area contributed by atoms with E-state index in [-0.39, 0.29) is 35.7 Å². The van der Waals surface area contributed by atoms with Crippen molar-refractivity contribution in [2.75, 3.05) is 20.1 Å². The third-order valence-electron chi connectivity index (χ3n) is 2.93. The van der Waals surface area contributed by atoms with Gasteiger partial charge in [-0.1, -0.05) is 20.8 Å². The predicted octanol–water partition coefficient (Wildman–Crippen LogP) is 1.16. The highest BCUT2D eigenvalue weighted by molar-refractivity contribution is 5.85. The van der Waals surface area contributed by atoms with E-state index in [0.717, 1.165) is 0 Å². The highest BCUT2D eigenvalue weighted by Gasteiger charge is 2.20. The van der Waals surface area contributed by atoms with E-state index in [9.17, 15) is 9.59 Å². The summed E-state index contributed by atoms with van der Waals surface area (Å²) in [6, 6.07) is 0.0571. The van der Waals surface area contributed by atoms with Crippen LogP contribution >= 0.6 is 12.4 Å². The molecule has 6 heteroatoms. The Bertz CT molecular complexity index is 290. The molecule has 2 amide bonds. The van der Waals surface area contributed by atoms with Gasteiger partial charge in [-0.15, -0.1) is 12.4 Å². The Hall–Kier alpha value is -0.810. The molecule has 0 aliphatic carbocycles. The minimum Gasteiger partial charge on any atom is -0.356 e. The Labute approximate surface area is 122 Å². The zero-order valence-electron chi connectivity index (χ0n) is 12.7. The fourth-order valence-electron chi connectivity index (χ4n) is 1.29. The predicted molar refractivity (Wildman–Crippen MR) is 80.2 cm³/mol. The minimum atomic E-state index is -0.380. The third-order valence-corrected chi connectivity index (χ3v) is 2.93. The van der Waals surface area contributed by atoms with Crippen molar-refractivity contribution in [2.45, 2.75) is 46.6 Å². The number of rotatable bonds is 6. The lowest BCUT2D eigenvalue weighted by Crippen LogP contribution is -2.40. The second-order valence-corrected chi connectivity index (χ2v) is 5.70. The van der Waals surface area contributed by atoms with Crippen LogP contribution in [0.3, 0.4) is 0 Å². The van der Waals surface area contributed by atoms with Gasteiger partial charge in [0.2, 0.25) is 11.8 Å². The van der Waals surface area contributed by atoms with E-state index >= 15 is 0 Å². The summed E-state index contributed by atoms with van der Waals surface area (Å²) in [6.07, 6.45) is 1.09. The lowest BCUT2D eigenvalue weighted by atomic mass is 9.96. The maximum Gasteiger partial charge on any atom is 0.225 e. The molecule has 1 unspecified atom stereocenters. The van der Waals surface area contributed by atoms with E-state index in [2.05, 4.69) is 5.32 Å². The molecule has 114 valence electrons. The summed E-state index contributed by atoms with van der Waals surface area (Å²) in [6.45, 7) is 8.51. The minimum absolute atomic E-state index is 0. The topological polar surface area (TPSA) is 75.4 Å². The Morgan fingerprint density at radius 1 is 1.32 bits per heavy atom. The molecular weight excluding hydrogens is 266 g/mol. The van der Waals surface area contributed by atoms with Crippen LogP contribution in [-0.2, 0) is 9.59 Å². The van der Waals surface area contributed by atoms with Gasteiger partial charge in [0.05, 0.1) is 0 Å². The summed E-state index contributed by atoms with van der Waals surface area (Å²) in [5.74, 6) is 0.0802. The average molecular weight is 294 g/mol. The van der Waals surface area contributed by atoms with Crippen LogP contribution in [-0.4, -0.2) is 42.9 Å². The lowest BCUT2D eigenvalue weighted by molar-refractivity contribution is -0.132. The first-order valence-electron chi connectivity index (χ1n) is 6.44. The first-order chi connectivity index (χ1) is 8.20. The molecule has 0 saturated carbocycles. The molecule has 0 aromatic heterocycles. The number of hydrogen-bond donors (Lipinski definition) is 2. The monoisotopic (exact) mass is 293 g/mol. The molecule has 0 spiro atoms. The molecule has 0 fully saturated rings. The van der Waals surface area contributed by atoms with Crippen molar-refractivity contribution in [3.63, 3.8) is 0 Å². The number of hydrogen-bond acceptors (Lipinski definition) is 3. The zero-order chi connectivity index (χ0) is 14.3. The van der Waals surface area contributed by atoms with Crippen LogP contribution in [0.2, 0.25) is 0 Å². The van der Waals surface area contributed by atoms with Gasteiger partial charge in [-0.2, -0.15) is 0 Å². The summed E-state index contributed by atoms with van der Waals surface area (Å²) >= 11 is 0. The van der Waals surface area contributed by atoms with Gasteiger partial charge in [-0.05, 0) is 13.3 Å². The first kappa shape index (κ1) is 20.5. The number of carbonyl (C=O) groups is 2. The van der Waals surface area contributed by atoms with Crippen molar-refractivity contribution in [1.82, 2.24) is 10.2 Å². The van der Waals surface area contributed by atoms with Gasteiger partial charge < -0.3 is 16.0 Å². The first-order valence-corrected chi connectivity index (χ1v) is 6.44. The third kappa shape index (κ3) is 8.06. The van der Waals surface area contributed by atoms with Gasteiger partial charge >= 0.3 is 0 Å². The van der Waals surface area contributed by atoms with Crippen LogP contribution in [0.5, 0.6) is 0 Å². The van der Waals surface area contributed by atoms with Crippen LogP contribution < -0.4 is 11.1 Å². The number of likely N-dealkylation sites (N-methyl/N-ethyl adjacent to an activating group) is 1. The van der Waals surface area contributed by atoms with E-state index in [1.807, 2.05) is 27.7 Å². The molecule has 5 nitrogen and oxygen atoms in total. The number of halogens is 1. The van der Waals surface area contributed by atoms with Gasteiger partial charge in [0.15, 0.2) is 0 Å². The quantitative estimate of drug-likeness (QED) is 0.722. The molecule has 0 aromatic carbocycles. The number of nitrogens with zero attached hydrogens (tertiary/aromatic N) is 1.